The van der Waals surface area contributed by atoms with E-state index in [1.54, 1.807) is 11.3 Å². The Balaban J connectivity index is 1.51. The molecule has 36 heavy (non-hydrogen) atoms. The Bertz CT molecular complexity index is 1250. The zero-order chi connectivity index (χ0) is 25.7. The molecule has 2 aromatic carbocycles. The number of aliphatic carboxylic acids is 1. The van der Waals surface area contributed by atoms with Gasteiger partial charge in [-0.15, -0.1) is 11.3 Å². The minimum Gasteiger partial charge on any atom is -0.502 e. The van der Waals surface area contributed by atoms with Crippen molar-refractivity contribution in [2.45, 2.75) is 52.6 Å². The molecule has 4 rings (SSSR count). The number of thiazole rings is 1. The lowest BCUT2D eigenvalue weighted by molar-refractivity contribution is -0.143. The van der Waals surface area contributed by atoms with Crippen molar-refractivity contribution < 1.29 is 14.6 Å². The SMILES string of the molecule is [C-]#[N+]c1cc(-c2ncc(-c3cccc(CCN4CCC(C(=O)O)CC4)c3CC)s2)ccc1OC(C)C. The Morgan fingerprint density at radius 3 is 2.72 bits per heavy atom. The lowest BCUT2D eigenvalue weighted by Crippen LogP contribution is -2.37. The molecule has 0 unspecified atom stereocenters. The molecule has 1 fully saturated rings. The largest absolute Gasteiger partial charge is 0.502 e. The van der Waals surface area contributed by atoms with Crippen molar-refractivity contribution in [2.75, 3.05) is 19.6 Å². The minimum atomic E-state index is -0.662. The zero-order valence-electron chi connectivity index (χ0n) is 21.2. The van der Waals surface area contributed by atoms with Crippen molar-refractivity contribution in [3.8, 4) is 26.8 Å². The summed E-state index contributed by atoms with van der Waals surface area (Å²) in [5.41, 5.74) is 5.33. The number of carboxylic acids is 1. The van der Waals surface area contributed by atoms with Crippen LogP contribution < -0.4 is 4.74 Å². The van der Waals surface area contributed by atoms with Gasteiger partial charge in [0.2, 0.25) is 5.69 Å². The average molecular weight is 504 g/mol. The van der Waals surface area contributed by atoms with Gasteiger partial charge in [-0.3, -0.25) is 4.79 Å². The fourth-order valence-electron chi connectivity index (χ4n) is 4.82. The summed E-state index contributed by atoms with van der Waals surface area (Å²) in [5.74, 6) is -0.250. The second-order valence-electron chi connectivity index (χ2n) is 9.49. The highest BCUT2D eigenvalue weighted by Gasteiger charge is 2.24. The van der Waals surface area contributed by atoms with Crippen molar-refractivity contribution in [2.24, 2.45) is 5.92 Å². The van der Waals surface area contributed by atoms with Crippen molar-refractivity contribution in [3.05, 3.63) is 65.1 Å². The Morgan fingerprint density at radius 1 is 1.28 bits per heavy atom. The molecule has 2 heterocycles. The number of nitrogens with zero attached hydrogens (tertiary/aromatic N) is 3. The van der Waals surface area contributed by atoms with Crippen molar-refractivity contribution in [1.82, 2.24) is 9.88 Å². The summed E-state index contributed by atoms with van der Waals surface area (Å²) in [6.45, 7) is 16.3. The van der Waals surface area contributed by atoms with E-state index in [9.17, 15) is 9.90 Å². The van der Waals surface area contributed by atoms with Gasteiger partial charge in [-0.05, 0) is 81.4 Å². The van der Waals surface area contributed by atoms with E-state index in [2.05, 4.69) is 34.9 Å². The van der Waals surface area contributed by atoms with E-state index in [-0.39, 0.29) is 12.0 Å². The van der Waals surface area contributed by atoms with Crippen LogP contribution in [0.2, 0.25) is 0 Å². The number of piperidine rings is 1. The number of likely N-dealkylation sites (tertiary alicyclic amines) is 1. The topological polar surface area (TPSA) is 67.0 Å². The number of carboxylic acid groups (broad SMARTS) is 1. The van der Waals surface area contributed by atoms with Crippen LogP contribution in [-0.4, -0.2) is 46.7 Å². The normalized spacial score (nSPS) is 14.6. The Kier molecular flexibility index (Phi) is 8.40. The summed E-state index contributed by atoms with van der Waals surface area (Å²) in [5, 5.41) is 10.1. The van der Waals surface area contributed by atoms with Gasteiger partial charge in [0.25, 0.3) is 0 Å². The monoisotopic (exact) mass is 503 g/mol. The molecule has 1 aromatic heterocycles. The Labute approximate surface area is 217 Å². The molecular formula is C29H33N3O3S. The Hall–Kier alpha value is -3.21. The highest BCUT2D eigenvalue weighted by atomic mass is 32.1. The molecule has 0 saturated carbocycles. The number of ether oxygens (including phenoxy) is 1. The van der Waals surface area contributed by atoms with Crippen molar-refractivity contribution >= 4 is 23.0 Å². The van der Waals surface area contributed by atoms with Gasteiger partial charge in [0, 0.05) is 18.3 Å². The summed E-state index contributed by atoms with van der Waals surface area (Å²) >= 11 is 1.64. The number of rotatable bonds is 9. The first-order chi connectivity index (χ1) is 17.4. The van der Waals surface area contributed by atoms with Gasteiger partial charge in [-0.1, -0.05) is 31.2 Å². The van der Waals surface area contributed by atoms with Crippen LogP contribution in [0.5, 0.6) is 5.75 Å². The van der Waals surface area contributed by atoms with Crippen LogP contribution in [0.15, 0.2) is 42.6 Å². The fourth-order valence-corrected chi connectivity index (χ4v) is 5.79. The molecule has 0 radical (unpaired) electrons. The second-order valence-corrected chi connectivity index (χ2v) is 10.5. The van der Waals surface area contributed by atoms with Crippen molar-refractivity contribution in [3.63, 3.8) is 0 Å². The molecule has 0 aliphatic carbocycles. The van der Waals surface area contributed by atoms with Crippen LogP contribution in [-0.2, 0) is 17.6 Å². The molecule has 3 aromatic rings. The summed E-state index contributed by atoms with van der Waals surface area (Å²) in [6, 6.07) is 12.2. The lowest BCUT2D eigenvalue weighted by Gasteiger charge is -2.30. The van der Waals surface area contributed by atoms with E-state index in [0.717, 1.165) is 60.8 Å². The number of hydrogen-bond donors (Lipinski definition) is 1. The lowest BCUT2D eigenvalue weighted by atomic mass is 9.94. The maximum Gasteiger partial charge on any atom is 0.306 e. The van der Waals surface area contributed by atoms with Gasteiger partial charge in [-0.2, -0.15) is 0 Å². The molecule has 0 bridgehead atoms. The molecule has 1 N–H and O–H groups in total. The van der Waals surface area contributed by atoms with Gasteiger partial charge in [0.1, 0.15) is 10.8 Å². The smallest absolute Gasteiger partial charge is 0.306 e. The summed E-state index contributed by atoms with van der Waals surface area (Å²) in [4.78, 5) is 23.1. The summed E-state index contributed by atoms with van der Waals surface area (Å²) in [7, 11) is 0. The molecule has 0 atom stereocenters. The van der Waals surface area contributed by atoms with Gasteiger partial charge < -0.3 is 14.7 Å². The summed E-state index contributed by atoms with van der Waals surface area (Å²) < 4.78 is 5.77. The van der Waals surface area contributed by atoms with Crippen LogP contribution >= 0.6 is 11.3 Å². The van der Waals surface area contributed by atoms with Crippen LogP contribution in [0.4, 0.5) is 5.69 Å². The molecule has 1 aliphatic rings. The van der Waals surface area contributed by atoms with Gasteiger partial charge >= 0.3 is 5.97 Å². The molecule has 7 heteroatoms. The van der Waals surface area contributed by atoms with Gasteiger partial charge in [0.15, 0.2) is 0 Å². The Morgan fingerprint density at radius 2 is 2.06 bits per heavy atom. The molecule has 6 nitrogen and oxygen atoms in total. The molecule has 188 valence electrons. The quantitative estimate of drug-likeness (QED) is 0.329. The van der Waals surface area contributed by atoms with Gasteiger partial charge in [0.05, 0.1) is 23.5 Å². The van der Waals surface area contributed by atoms with Crippen LogP contribution in [0.3, 0.4) is 0 Å². The van der Waals surface area contributed by atoms with Gasteiger partial charge in [-0.25, -0.2) is 9.83 Å². The van der Waals surface area contributed by atoms with E-state index < -0.39 is 5.97 Å². The van der Waals surface area contributed by atoms with Crippen molar-refractivity contribution in [1.29, 1.82) is 0 Å². The van der Waals surface area contributed by atoms with E-state index in [4.69, 9.17) is 16.3 Å². The van der Waals surface area contributed by atoms with E-state index in [1.807, 2.05) is 38.2 Å². The third-order valence-electron chi connectivity index (χ3n) is 6.72. The molecular weight excluding hydrogens is 470 g/mol. The molecule has 0 amide bonds. The van der Waals surface area contributed by atoms with Crippen LogP contribution in [0.25, 0.3) is 25.9 Å². The first-order valence-electron chi connectivity index (χ1n) is 12.6. The van der Waals surface area contributed by atoms with E-state index >= 15 is 0 Å². The van der Waals surface area contributed by atoms with E-state index in [0.29, 0.717) is 11.4 Å². The third-order valence-corrected chi connectivity index (χ3v) is 7.80. The van der Waals surface area contributed by atoms with Crippen LogP contribution in [0.1, 0.15) is 44.7 Å². The number of benzene rings is 2. The number of hydrogen-bond acceptors (Lipinski definition) is 5. The zero-order valence-corrected chi connectivity index (χ0v) is 22.0. The molecule has 0 spiro atoms. The predicted octanol–water partition coefficient (Wildman–Crippen LogP) is 6.72. The average Bonchev–Trinajstić information content (AvgIpc) is 3.37. The van der Waals surface area contributed by atoms with E-state index in [1.165, 1.54) is 16.7 Å². The fraction of sp³-hybridized carbons (Fsp3) is 0.414. The standard InChI is InChI=1S/C29H33N3O3S/c1-5-23-20(11-14-32-15-12-21(13-16-32)29(33)34)7-6-8-24(23)27-18-31-28(36-27)22-9-10-26(35-19(2)3)25(17-22)30-4/h6-10,17-19,21H,5,11-16H2,1-3H3,(H,33,34). The third kappa shape index (κ3) is 5.95. The highest BCUT2D eigenvalue weighted by molar-refractivity contribution is 7.18. The molecule has 1 aliphatic heterocycles. The maximum absolute atomic E-state index is 11.2. The number of aromatic nitrogens is 1. The number of carbonyl (C=O) groups is 1. The first kappa shape index (κ1) is 25.9. The maximum atomic E-state index is 11.2. The molecule has 1 saturated heterocycles. The predicted molar refractivity (Wildman–Crippen MR) is 145 cm³/mol. The minimum absolute atomic E-state index is 0.0131. The van der Waals surface area contributed by atoms with Crippen LogP contribution in [0, 0.1) is 12.5 Å². The highest BCUT2D eigenvalue weighted by Crippen LogP contribution is 2.38. The first-order valence-corrected chi connectivity index (χ1v) is 13.4. The summed E-state index contributed by atoms with van der Waals surface area (Å²) in [6.07, 6.45) is 5.30. The second kappa shape index (κ2) is 11.7.